The van der Waals surface area contributed by atoms with Crippen LogP contribution in [-0.4, -0.2) is 44.9 Å². The van der Waals surface area contributed by atoms with Crippen LogP contribution >= 0.6 is 0 Å². The summed E-state index contributed by atoms with van der Waals surface area (Å²) in [6.45, 7) is 23.8. The lowest BCUT2D eigenvalue weighted by Gasteiger charge is -2.73. The van der Waals surface area contributed by atoms with Gasteiger partial charge in [-0.2, -0.15) is 0 Å². The Balaban J connectivity index is 1.25. The monoisotopic (exact) mass is 680 g/mol. The molecular weight excluding hydrogens is 620 g/mol. The molecule has 10 atom stereocenters. The second-order valence-electron chi connectivity index (χ2n) is 18.8. The summed E-state index contributed by atoms with van der Waals surface area (Å²) in [5.74, 6) is 1.08. The van der Waals surface area contributed by atoms with E-state index in [1.54, 1.807) is 20.8 Å². The number of hydrogen-bond donors (Lipinski definition) is 3. The first-order valence-electron chi connectivity index (χ1n) is 18.7. The molecule has 5 saturated carbocycles. The summed E-state index contributed by atoms with van der Waals surface area (Å²) in [6, 6.07) is -0.161. The number of amides is 2. The van der Waals surface area contributed by atoms with Crippen LogP contribution in [0.1, 0.15) is 132 Å². The van der Waals surface area contributed by atoms with Crippen LogP contribution in [0, 0.1) is 63.6 Å². The molecular formula is C39H60N4O6. The van der Waals surface area contributed by atoms with E-state index in [0.29, 0.717) is 35.5 Å². The summed E-state index contributed by atoms with van der Waals surface area (Å²) in [7, 11) is 0. The Morgan fingerprint density at radius 3 is 2.29 bits per heavy atom. The van der Waals surface area contributed by atoms with E-state index >= 15 is 0 Å². The number of fused-ring (bicyclic) bond motifs is 7. The molecule has 1 aromatic heterocycles. The molecule has 0 saturated heterocycles. The van der Waals surface area contributed by atoms with Gasteiger partial charge in [-0.1, -0.05) is 51.9 Å². The van der Waals surface area contributed by atoms with Gasteiger partial charge in [0.1, 0.15) is 6.10 Å². The molecule has 0 unspecified atom stereocenters. The standard InChI is InChI=1S/C39H60N4O6/c1-22(2)24-13-18-39(41-32(47)40-33-43-42-23(3)48-33)20-19-37(9)25(30(24)39)11-12-27-36(8)16-15-28(49-29(44)21-34(4,5)31(45)46)35(6,7)26(36)14-17-38(27,37)10/h24-28,30H,1,11-21H2,2-10H3,(H,45,46)(H2,40,41,43,47)/t24-,25+,26-,27+,28-,30+,36-,37+,38+,39-/m0/s1. The highest BCUT2D eigenvalue weighted by molar-refractivity contribution is 5.87. The van der Waals surface area contributed by atoms with Gasteiger partial charge in [0.05, 0.1) is 11.8 Å². The second kappa shape index (κ2) is 11.8. The molecule has 6 rings (SSSR count). The van der Waals surface area contributed by atoms with Crippen molar-refractivity contribution < 1.29 is 28.6 Å². The lowest BCUT2D eigenvalue weighted by Crippen LogP contribution is -2.69. The minimum atomic E-state index is -1.16. The fourth-order valence-electron chi connectivity index (χ4n) is 12.9. The molecule has 1 aromatic rings. The number of nitrogens with zero attached hydrogens (tertiary/aromatic N) is 2. The highest BCUT2D eigenvalue weighted by Gasteiger charge is 2.71. The molecule has 0 radical (unpaired) electrons. The average Bonchev–Trinajstić information content (AvgIpc) is 3.57. The molecule has 10 heteroatoms. The van der Waals surface area contributed by atoms with Gasteiger partial charge in [0.15, 0.2) is 0 Å². The van der Waals surface area contributed by atoms with Crippen molar-refractivity contribution in [1.29, 1.82) is 0 Å². The zero-order valence-electron chi connectivity index (χ0n) is 31.3. The van der Waals surface area contributed by atoms with Gasteiger partial charge < -0.3 is 19.6 Å². The highest BCUT2D eigenvalue weighted by atomic mass is 16.5. The number of allylic oxidation sites excluding steroid dienone is 1. The predicted octanol–water partition coefficient (Wildman–Crippen LogP) is 8.32. The normalized spacial score (nSPS) is 40.9. The topological polar surface area (TPSA) is 144 Å². The Hall–Kier alpha value is -2.91. The molecule has 2 amide bonds. The van der Waals surface area contributed by atoms with Gasteiger partial charge in [-0.25, -0.2) is 4.79 Å². The number of ether oxygens (including phenoxy) is 1. The number of carboxylic acid groups (broad SMARTS) is 1. The molecule has 0 aliphatic heterocycles. The molecule has 0 spiro atoms. The van der Waals surface area contributed by atoms with Gasteiger partial charge in [-0.15, -0.1) is 5.10 Å². The maximum atomic E-state index is 13.5. The maximum absolute atomic E-state index is 13.5. The molecule has 272 valence electrons. The lowest BCUT2D eigenvalue weighted by atomic mass is 9.32. The number of urea groups is 1. The summed E-state index contributed by atoms with van der Waals surface area (Å²) in [6.07, 6.45) is 9.91. The fraction of sp³-hybridized carbons (Fsp3) is 0.821. The van der Waals surface area contributed by atoms with Crippen molar-refractivity contribution >= 4 is 24.0 Å². The number of aryl methyl sites for hydroxylation is 1. The van der Waals surface area contributed by atoms with Crippen molar-refractivity contribution in [2.75, 3.05) is 5.32 Å². The van der Waals surface area contributed by atoms with Crippen molar-refractivity contribution in [3.05, 3.63) is 18.0 Å². The van der Waals surface area contributed by atoms with E-state index in [0.717, 1.165) is 64.2 Å². The van der Waals surface area contributed by atoms with Gasteiger partial charge in [-0.3, -0.25) is 14.9 Å². The van der Waals surface area contributed by atoms with E-state index in [2.05, 4.69) is 69.0 Å². The molecule has 10 nitrogen and oxygen atoms in total. The smallest absolute Gasteiger partial charge is 0.323 e. The van der Waals surface area contributed by atoms with Crippen LogP contribution in [0.25, 0.3) is 0 Å². The highest BCUT2D eigenvalue weighted by Crippen LogP contribution is 2.76. The number of rotatable bonds is 7. The number of nitrogens with one attached hydrogen (secondary N) is 2. The van der Waals surface area contributed by atoms with E-state index in [-0.39, 0.29) is 51.8 Å². The zero-order chi connectivity index (χ0) is 35.9. The minimum absolute atomic E-state index is 0.103. The first kappa shape index (κ1) is 35.9. The van der Waals surface area contributed by atoms with Gasteiger partial charge in [-0.05, 0) is 131 Å². The van der Waals surface area contributed by atoms with E-state index in [1.807, 2.05) is 0 Å². The minimum Gasteiger partial charge on any atom is -0.481 e. The Morgan fingerprint density at radius 1 is 0.939 bits per heavy atom. The zero-order valence-corrected chi connectivity index (χ0v) is 31.3. The Bertz CT molecular complexity index is 1520. The Morgan fingerprint density at radius 2 is 1.65 bits per heavy atom. The molecule has 5 aliphatic carbocycles. The molecule has 5 aliphatic rings. The van der Waals surface area contributed by atoms with E-state index in [1.165, 1.54) is 5.57 Å². The van der Waals surface area contributed by atoms with Crippen LogP contribution < -0.4 is 10.6 Å². The first-order valence-corrected chi connectivity index (χ1v) is 18.7. The summed E-state index contributed by atoms with van der Waals surface area (Å²) >= 11 is 0. The number of aliphatic carboxylic acids is 1. The molecule has 5 fully saturated rings. The molecule has 0 bridgehead atoms. The number of carbonyl (C=O) groups is 3. The Labute approximate surface area is 292 Å². The lowest BCUT2D eigenvalue weighted by molar-refractivity contribution is -0.246. The van der Waals surface area contributed by atoms with Crippen LogP contribution in [0.5, 0.6) is 0 Å². The third-order valence-corrected chi connectivity index (χ3v) is 15.6. The van der Waals surface area contributed by atoms with Crippen LogP contribution in [-0.2, 0) is 14.3 Å². The van der Waals surface area contributed by atoms with E-state index in [9.17, 15) is 19.5 Å². The summed E-state index contributed by atoms with van der Waals surface area (Å²) in [5.41, 5.74) is -0.130. The summed E-state index contributed by atoms with van der Waals surface area (Å²) in [4.78, 5) is 38.2. The fourth-order valence-corrected chi connectivity index (χ4v) is 12.9. The van der Waals surface area contributed by atoms with Crippen LogP contribution in [0.4, 0.5) is 10.8 Å². The number of carboxylic acids is 1. The molecule has 1 heterocycles. The first-order chi connectivity index (χ1) is 22.7. The van der Waals surface area contributed by atoms with Gasteiger partial charge in [0, 0.05) is 17.9 Å². The average molecular weight is 681 g/mol. The number of hydrogen-bond acceptors (Lipinski definition) is 7. The number of aromatic nitrogens is 2. The second-order valence-corrected chi connectivity index (χ2v) is 18.8. The van der Waals surface area contributed by atoms with Gasteiger partial charge >= 0.3 is 24.0 Å². The maximum Gasteiger partial charge on any atom is 0.323 e. The van der Waals surface area contributed by atoms with Crippen LogP contribution in [0.2, 0.25) is 0 Å². The third kappa shape index (κ3) is 5.53. The summed E-state index contributed by atoms with van der Waals surface area (Å²) < 4.78 is 11.6. The number of esters is 1. The molecule has 3 N–H and O–H groups in total. The van der Waals surface area contributed by atoms with Crippen molar-refractivity contribution in [2.45, 2.75) is 145 Å². The van der Waals surface area contributed by atoms with E-state index < -0.39 is 17.4 Å². The SMILES string of the molecule is C=C(C)[C@@H]1CC[C@]2(NC(=O)Nc3nnc(C)o3)CC[C@]3(C)[C@H](CC[C@@H]4[C@@]5(C)CC[C@H](OC(=O)CC(C)(C)C(=O)O)C(C)(C)[C@@H]5CC[C@]43C)[C@@H]12. The predicted molar refractivity (Wildman–Crippen MR) is 186 cm³/mol. The summed E-state index contributed by atoms with van der Waals surface area (Å²) in [5, 5.41) is 23.7. The van der Waals surface area contributed by atoms with Crippen molar-refractivity contribution in [2.24, 2.45) is 56.7 Å². The number of anilines is 1. The Kier molecular flexibility index (Phi) is 8.66. The van der Waals surface area contributed by atoms with Crippen molar-refractivity contribution in [3.63, 3.8) is 0 Å². The van der Waals surface area contributed by atoms with Crippen molar-refractivity contribution in [3.8, 4) is 0 Å². The quantitative estimate of drug-likeness (QED) is 0.193. The number of carbonyl (C=O) groups excluding carboxylic acids is 2. The van der Waals surface area contributed by atoms with Crippen LogP contribution in [0.3, 0.4) is 0 Å². The molecule has 0 aromatic carbocycles. The van der Waals surface area contributed by atoms with Crippen molar-refractivity contribution in [1.82, 2.24) is 15.5 Å². The molecule has 49 heavy (non-hydrogen) atoms. The third-order valence-electron chi connectivity index (χ3n) is 15.6. The van der Waals surface area contributed by atoms with Crippen LogP contribution in [0.15, 0.2) is 16.6 Å². The van der Waals surface area contributed by atoms with Gasteiger partial charge in [0.2, 0.25) is 5.89 Å². The van der Waals surface area contributed by atoms with Gasteiger partial charge in [0.25, 0.3) is 0 Å². The largest absolute Gasteiger partial charge is 0.481 e. The van der Waals surface area contributed by atoms with E-state index in [4.69, 9.17) is 9.15 Å².